The summed E-state index contributed by atoms with van der Waals surface area (Å²) < 4.78 is 42.2. The lowest BCUT2D eigenvalue weighted by atomic mass is 9.95. The second-order valence-corrected chi connectivity index (χ2v) is 11.3. The molecule has 0 aliphatic carbocycles. The lowest BCUT2D eigenvalue weighted by Crippen LogP contribution is -2.57. The van der Waals surface area contributed by atoms with E-state index in [9.17, 15) is 13.2 Å². The van der Waals surface area contributed by atoms with Crippen LogP contribution in [0.25, 0.3) is 11.1 Å². The Hall–Kier alpha value is -3.11. The largest absolute Gasteiger partial charge is 0.493 e. The van der Waals surface area contributed by atoms with Gasteiger partial charge in [0.1, 0.15) is 11.3 Å². The molecule has 0 saturated carbocycles. The SMILES string of the molecule is CCCCN1CCC(C(N)=O)(S(=O)(=O)c2ccc(OCCCOc3nc4ccccc4o3)cc2)CC1. The lowest BCUT2D eigenvalue weighted by molar-refractivity contribution is -0.121. The number of nitrogens with zero attached hydrogens (tertiary/aromatic N) is 2. The maximum absolute atomic E-state index is 13.5. The molecular weight excluding hydrogens is 482 g/mol. The van der Waals surface area contributed by atoms with E-state index in [-0.39, 0.29) is 23.8 Å². The van der Waals surface area contributed by atoms with E-state index in [0.29, 0.717) is 44.1 Å². The van der Waals surface area contributed by atoms with Gasteiger partial charge in [-0.25, -0.2) is 8.42 Å². The van der Waals surface area contributed by atoms with Crippen molar-refractivity contribution >= 4 is 26.8 Å². The van der Waals surface area contributed by atoms with E-state index in [4.69, 9.17) is 19.6 Å². The minimum Gasteiger partial charge on any atom is -0.493 e. The number of hydrogen-bond donors (Lipinski definition) is 1. The van der Waals surface area contributed by atoms with Gasteiger partial charge in [0.25, 0.3) is 0 Å². The summed E-state index contributed by atoms with van der Waals surface area (Å²) in [7, 11) is -3.95. The van der Waals surface area contributed by atoms with E-state index in [1.54, 1.807) is 12.1 Å². The number of benzene rings is 2. The fourth-order valence-corrected chi connectivity index (χ4v) is 6.36. The number of ether oxygens (including phenoxy) is 2. The smallest absolute Gasteiger partial charge is 0.394 e. The Bertz CT molecular complexity index is 1230. The summed E-state index contributed by atoms with van der Waals surface area (Å²) in [5.74, 6) is -0.254. The number of aromatic nitrogens is 1. The molecule has 0 bridgehead atoms. The first-order valence-corrected chi connectivity index (χ1v) is 13.8. The summed E-state index contributed by atoms with van der Waals surface area (Å²) in [4.78, 5) is 18.9. The van der Waals surface area contributed by atoms with E-state index in [1.165, 1.54) is 12.1 Å². The van der Waals surface area contributed by atoms with Gasteiger partial charge in [-0.3, -0.25) is 4.79 Å². The number of fused-ring (bicyclic) bond motifs is 1. The number of sulfone groups is 1. The van der Waals surface area contributed by atoms with Gasteiger partial charge in [0.05, 0.1) is 18.1 Å². The Morgan fingerprint density at radius 2 is 1.75 bits per heavy atom. The summed E-state index contributed by atoms with van der Waals surface area (Å²) in [6, 6.07) is 13.6. The summed E-state index contributed by atoms with van der Waals surface area (Å²) in [6.45, 7) is 4.81. The number of hydrogen-bond acceptors (Lipinski definition) is 8. The summed E-state index contributed by atoms with van der Waals surface area (Å²) in [5, 5.41) is 0. The minimum absolute atomic E-state index is 0.0787. The molecule has 0 unspecified atom stereocenters. The summed E-state index contributed by atoms with van der Waals surface area (Å²) in [6.07, 6.45) is 3.30. The first kappa shape index (κ1) is 26.0. The van der Waals surface area contributed by atoms with E-state index in [1.807, 2.05) is 24.3 Å². The van der Waals surface area contributed by atoms with Gasteiger partial charge in [0.15, 0.2) is 20.2 Å². The highest BCUT2D eigenvalue weighted by Crippen LogP contribution is 2.36. The fraction of sp³-hybridized carbons (Fsp3) is 0.462. The fourth-order valence-electron chi connectivity index (χ4n) is 4.43. The van der Waals surface area contributed by atoms with Gasteiger partial charge in [-0.2, -0.15) is 4.98 Å². The molecule has 2 heterocycles. The molecular formula is C26H33N3O6S. The first-order chi connectivity index (χ1) is 17.4. The van der Waals surface area contributed by atoms with E-state index in [0.717, 1.165) is 24.9 Å². The third-order valence-corrected chi connectivity index (χ3v) is 9.18. The third-order valence-electron chi connectivity index (χ3n) is 6.65. The number of unbranched alkanes of at least 4 members (excludes halogenated alkanes) is 1. The van der Waals surface area contributed by atoms with Gasteiger partial charge in [-0.05, 0) is 62.2 Å². The highest BCUT2D eigenvalue weighted by molar-refractivity contribution is 7.93. The van der Waals surface area contributed by atoms with Gasteiger partial charge in [0.2, 0.25) is 5.91 Å². The van der Waals surface area contributed by atoms with Crippen molar-refractivity contribution in [1.29, 1.82) is 0 Å². The molecule has 194 valence electrons. The second-order valence-electron chi connectivity index (χ2n) is 9.03. The van der Waals surface area contributed by atoms with Crippen LogP contribution in [0.5, 0.6) is 11.8 Å². The van der Waals surface area contributed by atoms with Crippen molar-refractivity contribution < 1.29 is 27.1 Å². The van der Waals surface area contributed by atoms with Crippen LogP contribution in [0.1, 0.15) is 39.0 Å². The Morgan fingerprint density at radius 1 is 1.06 bits per heavy atom. The van der Waals surface area contributed by atoms with Crippen LogP contribution >= 0.6 is 0 Å². The van der Waals surface area contributed by atoms with Gasteiger partial charge in [0, 0.05) is 19.5 Å². The van der Waals surface area contributed by atoms with Crippen LogP contribution in [-0.4, -0.2) is 61.8 Å². The van der Waals surface area contributed by atoms with Crippen molar-refractivity contribution in [3.05, 3.63) is 48.5 Å². The predicted octanol–water partition coefficient (Wildman–Crippen LogP) is 3.57. The van der Waals surface area contributed by atoms with Crippen LogP contribution in [0, 0.1) is 0 Å². The van der Waals surface area contributed by atoms with Crippen LogP contribution in [-0.2, 0) is 14.6 Å². The van der Waals surface area contributed by atoms with Crippen molar-refractivity contribution in [2.75, 3.05) is 32.8 Å². The topological polar surface area (TPSA) is 125 Å². The Labute approximate surface area is 211 Å². The number of carbonyl (C=O) groups excluding carboxylic acids is 1. The average Bonchev–Trinajstić information content (AvgIpc) is 3.30. The number of para-hydroxylation sites is 2. The molecule has 1 amide bonds. The molecule has 1 aliphatic heterocycles. The molecule has 3 aromatic rings. The molecule has 0 spiro atoms. The van der Waals surface area contributed by atoms with Crippen molar-refractivity contribution in [1.82, 2.24) is 9.88 Å². The van der Waals surface area contributed by atoms with Crippen LogP contribution in [0.3, 0.4) is 0 Å². The molecule has 36 heavy (non-hydrogen) atoms. The zero-order valence-corrected chi connectivity index (χ0v) is 21.3. The molecule has 9 nitrogen and oxygen atoms in total. The number of rotatable bonds is 12. The quantitative estimate of drug-likeness (QED) is 0.363. The van der Waals surface area contributed by atoms with Crippen molar-refractivity contribution in [2.45, 2.75) is 48.7 Å². The Morgan fingerprint density at radius 3 is 2.42 bits per heavy atom. The van der Waals surface area contributed by atoms with Crippen molar-refractivity contribution in [3.63, 3.8) is 0 Å². The predicted molar refractivity (Wildman–Crippen MR) is 136 cm³/mol. The average molecular weight is 516 g/mol. The molecule has 1 fully saturated rings. The minimum atomic E-state index is -3.95. The maximum Gasteiger partial charge on any atom is 0.394 e. The summed E-state index contributed by atoms with van der Waals surface area (Å²) in [5.41, 5.74) is 7.08. The van der Waals surface area contributed by atoms with Crippen LogP contribution in [0.15, 0.2) is 57.8 Å². The normalized spacial score (nSPS) is 16.1. The molecule has 4 rings (SSSR count). The third kappa shape index (κ3) is 5.49. The van der Waals surface area contributed by atoms with Gasteiger partial charge < -0.3 is 24.5 Å². The molecule has 1 aromatic heterocycles. The molecule has 1 aliphatic rings. The number of oxazole rings is 1. The second kappa shape index (κ2) is 11.3. The van der Waals surface area contributed by atoms with Crippen LogP contribution in [0.4, 0.5) is 0 Å². The Balaban J connectivity index is 1.30. The highest BCUT2D eigenvalue weighted by atomic mass is 32.2. The number of primary amides is 1. The molecule has 2 N–H and O–H groups in total. The number of likely N-dealkylation sites (tertiary alicyclic amines) is 1. The maximum atomic E-state index is 13.5. The van der Waals surface area contributed by atoms with E-state index in [2.05, 4.69) is 16.8 Å². The van der Waals surface area contributed by atoms with Gasteiger partial charge in [-0.1, -0.05) is 25.5 Å². The highest BCUT2D eigenvalue weighted by Gasteiger charge is 2.51. The summed E-state index contributed by atoms with van der Waals surface area (Å²) >= 11 is 0. The zero-order chi connectivity index (χ0) is 25.6. The number of carbonyl (C=O) groups is 1. The molecule has 1 saturated heterocycles. The zero-order valence-electron chi connectivity index (χ0n) is 20.5. The standard InChI is InChI=1S/C26H33N3O6S/c1-2-3-15-29-16-13-26(14-17-29,24(27)30)36(31,32)21-11-9-20(10-12-21)33-18-6-19-34-25-28-22-7-4-5-8-23(22)35-25/h4-5,7-12H,2-3,6,13-19H2,1H3,(H2,27,30). The molecule has 0 atom stereocenters. The molecule has 2 aromatic carbocycles. The van der Waals surface area contributed by atoms with E-state index >= 15 is 0 Å². The van der Waals surface area contributed by atoms with Crippen LogP contribution < -0.4 is 15.2 Å². The van der Waals surface area contributed by atoms with Gasteiger partial charge >= 0.3 is 6.08 Å². The molecule has 0 radical (unpaired) electrons. The first-order valence-electron chi connectivity index (χ1n) is 12.3. The Kier molecular flexibility index (Phi) is 8.15. The molecule has 10 heteroatoms. The van der Waals surface area contributed by atoms with Gasteiger partial charge in [-0.15, -0.1) is 0 Å². The van der Waals surface area contributed by atoms with Crippen molar-refractivity contribution in [2.24, 2.45) is 5.73 Å². The van der Waals surface area contributed by atoms with E-state index < -0.39 is 20.5 Å². The van der Waals surface area contributed by atoms with Crippen LogP contribution in [0.2, 0.25) is 0 Å². The number of amides is 1. The van der Waals surface area contributed by atoms with Crippen molar-refractivity contribution in [3.8, 4) is 11.8 Å². The number of piperidine rings is 1. The monoisotopic (exact) mass is 515 g/mol. The lowest BCUT2D eigenvalue weighted by Gasteiger charge is -2.39. The number of nitrogens with two attached hydrogens (primary N) is 1.